The van der Waals surface area contributed by atoms with Gasteiger partial charge < -0.3 is 9.64 Å². The zero-order valence-electron chi connectivity index (χ0n) is 17.9. The normalized spacial score (nSPS) is 14.8. The van der Waals surface area contributed by atoms with E-state index in [4.69, 9.17) is 17.0 Å². The summed E-state index contributed by atoms with van der Waals surface area (Å²) in [6.07, 6.45) is 1.79. The van der Waals surface area contributed by atoms with Crippen LogP contribution in [-0.4, -0.2) is 24.3 Å². The number of rotatable bonds is 6. The van der Waals surface area contributed by atoms with Crippen molar-refractivity contribution in [2.24, 2.45) is 0 Å². The van der Waals surface area contributed by atoms with Crippen LogP contribution in [0.15, 0.2) is 76.1 Å². The molecule has 3 aromatic carbocycles. The van der Waals surface area contributed by atoms with Crippen molar-refractivity contribution in [2.75, 3.05) is 23.9 Å². The molecular formula is C25H20BrFN2O2S2. The summed E-state index contributed by atoms with van der Waals surface area (Å²) in [5, 5.41) is 0. The molecule has 0 aliphatic carbocycles. The Morgan fingerprint density at radius 2 is 1.79 bits per heavy atom. The number of thiocarbonyl (C=S) groups is 1. The molecule has 0 spiro atoms. The van der Waals surface area contributed by atoms with Crippen molar-refractivity contribution in [3.63, 3.8) is 0 Å². The third kappa shape index (κ3) is 5.46. The quantitative estimate of drug-likeness (QED) is 0.257. The minimum atomic E-state index is -0.290. The van der Waals surface area contributed by atoms with E-state index in [1.54, 1.807) is 23.1 Å². The molecule has 1 saturated heterocycles. The summed E-state index contributed by atoms with van der Waals surface area (Å²) >= 11 is 10.3. The largest absolute Gasteiger partial charge is 0.488 e. The summed E-state index contributed by atoms with van der Waals surface area (Å²) in [4.78, 5) is 17.3. The summed E-state index contributed by atoms with van der Waals surface area (Å²) in [5.41, 5.74) is 3.36. The fourth-order valence-electron chi connectivity index (χ4n) is 3.24. The predicted octanol–water partition coefficient (Wildman–Crippen LogP) is 6.64. The first kappa shape index (κ1) is 23.5. The number of hydrogen-bond acceptors (Lipinski definition) is 5. The van der Waals surface area contributed by atoms with E-state index < -0.39 is 0 Å². The molecule has 0 radical (unpaired) electrons. The molecule has 3 aromatic rings. The van der Waals surface area contributed by atoms with E-state index in [0.29, 0.717) is 15.0 Å². The van der Waals surface area contributed by atoms with E-state index in [1.165, 1.54) is 23.9 Å². The Balaban J connectivity index is 1.58. The molecule has 4 rings (SSSR count). The van der Waals surface area contributed by atoms with Gasteiger partial charge in [-0.2, -0.15) is 0 Å². The zero-order chi connectivity index (χ0) is 23.5. The molecule has 168 valence electrons. The lowest BCUT2D eigenvalue weighted by molar-refractivity contribution is -0.113. The van der Waals surface area contributed by atoms with Crippen molar-refractivity contribution in [3.05, 3.63) is 93.1 Å². The second kappa shape index (κ2) is 10.1. The van der Waals surface area contributed by atoms with Gasteiger partial charge in [0.2, 0.25) is 0 Å². The SMILES string of the molecule is CN(C)c1ccc(N2C(=O)C(=Cc3cc(Br)ccc3OCc3ccc(F)cc3)SC2=S)cc1. The van der Waals surface area contributed by atoms with Gasteiger partial charge in [0.15, 0.2) is 4.32 Å². The molecule has 1 aliphatic rings. The fraction of sp³-hybridized carbons (Fsp3) is 0.120. The summed E-state index contributed by atoms with van der Waals surface area (Å²) in [7, 11) is 3.93. The van der Waals surface area contributed by atoms with E-state index in [9.17, 15) is 9.18 Å². The molecule has 1 heterocycles. The van der Waals surface area contributed by atoms with Crippen LogP contribution in [0.25, 0.3) is 6.08 Å². The maximum absolute atomic E-state index is 13.2. The Hall–Kier alpha value is -2.68. The van der Waals surface area contributed by atoms with Crippen molar-refractivity contribution < 1.29 is 13.9 Å². The molecule has 0 N–H and O–H groups in total. The number of ether oxygens (including phenoxy) is 1. The number of thioether (sulfide) groups is 1. The van der Waals surface area contributed by atoms with Gasteiger partial charge in [0.05, 0.1) is 10.6 Å². The number of carbonyl (C=O) groups excluding carboxylic acids is 1. The van der Waals surface area contributed by atoms with Crippen LogP contribution in [0.4, 0.5) is 15.8 Å². The topological polar surface area (TPSA) is 32.8 Å². The monoisotopic (exact) mass is 542 g/mol. The maximum Gasteiger partial charge on any atom is 0.270 e. The Morgan fingerprint density at radius 1 is 1.09 bits per heavy atom. The molecule has 0 atom stereocenters. The predicted molar refractivity (Wildman–Crippen MR) is 141 cm³/mol. The minimum absolute atomic E-state index is 0.174. The highest BCUT2D eigenvalue weighted by molar-refractivity contribution is 9.10. The number of amides is 1. The summed E-state index contributed by atoms with van der Waals surface area (Å²) < 4.78 is 20.5. The van der Waals surface area contributed by atoms with Crippen molar-refractivity contribution in [2.45, 2.75) is 6.61 Å². The fourth-order valence-corrected chi connectivity index (χ4v) is 4.91. The van der Waals surface area contributed by atoms with Crippen LogP contribution in [-0.2, 0) is 11.4 Å². The van der Waals surface area contributed by atoms with Gasteiger partial charge in [0.25, 0.3) is 5.91 Å². The van der Waals surface area contributed by atoms with E-state index in [0.717, 1.165) is 27.0 Å². The first-order valence-corrected chi connectivity index (χ1v) is 12.1. The van der Waals surface area contributed by atoms with Crippen LogP contribution in [0.1, 0.15) is 11.1 Å². The molecule has 33 heavy (non-hydrogen) atoms. The maximum atomic E-state index is 13.2. The highest BCUT2D eigenvalue weighted by Crippen LogP contribution is 2.38. The zero-order valence-corrected chi connectivity index (χ0v) is 21.1. The average molecular weight is 543 g/mol. The summed E-state index contributed by atoms with van der Waals surface area (Å²) in [5.74, 6) is 0.150. The minimum Gasteiger partial charge on any atom is -0.488 e. The van der Waals surface area contributed by atoms with Gasteiger partial charge in [-0.1, -0.05) is 52.0 Å². The third-order valence-electron chi connectivity index (χ3n) is 4.98. The number of halogens is 2. The molecule has 4 nitrogen and oxygen atoms in total. The van der Waals surface area contributed by atoms with Gasteiger partial charge in [-0.05, 0) is 66.2 Å². The van der Waals surface area contributed by atoms with E-state index in [-0.39, 0.29) is 18.3 Å². The number of anilines is 2. The number of hydrogen-bond donors (Lipinski definition) is 0. The second-order valence-corrected chi connectivity index (χ2v) is 10.1. The molecule has 0 saturated carbocycles. The molecule has 0 unspecified atom stereocenters. The average Bonchev–Trinajstić information content (AvgIpc) is 3.07. The van der Waals surface area contributed by atoms with Gasteiger partial charge in [-0.15, -0.1) is 0 Å². The van der Waals surface area contributed by atoms with Crippen LogP contribution < -0.4 is 14.5 Å². The first-order chi connectivity index (χ1) is 15.8. The summed E-state index contributed by atoms with van der Waals surface area (Å²) in [6, 6.07) is 19.4. The van der Waals surface area contributed by atoms with Crippen LogP contribution in [0.5, 0.6) is 5.75 Å². The van der Waals surface area contributed by atoms with Gasteiger partial charge in [-0.25, -0.2) is 4.39 Å². The van der Waals surface area contributed by atoms with Crippen molar-refractivity contribution in [1.82, 2.24) is 0 Å². The lowest BCUT2D eigenvalue weighted by Gasteiger charge is -2.17. The Bertz CT molecular complexity index is 1230. The van der Waals surface area contributed by atoms with Crippen molar-refractivity contribution in [1.29, 1.82) is 0 Å². The van der Waals surface area contributed by atoms with Crippen molar-refractivity contribution >= 4 is 67.6 Å². The number of benzene rings is 3. The third-order valence-corrected chi connectivity index (χ3v) is 6.78. The first-order valence-electron chi connectivity index (χ1n) is 10.0. The highest BCUT2D eigenvalue weighted by Gasteiger charge is 2.33. The molecule has 1 aliphatic heterocycles. The molecule has 1 fully saturated rings. The number of carbonyl (C=O) groups is 1. The Morgan fingerprint density at radius 3 is 2.45 bits per heavy atom. The Labute approximate surface area is 210 Å². The van der Waals surface area contributed by atoms with E-state index >= 15 is 0 Å². The smallest absolute Gasteiger partial charge is 0.270 e. The van der Waals surface area contributed by atoms with E-state index in [2.05, 4.69) is 15.9 Å². The van der Waals surface area contributed by atoms with Gasteiger partial charge in [-0.3, -0.25) is 9.69 Å². The van der Waals surface area contributed by atoms with Crippen LogP contribution in [0.2, 0.25) is 0 Å². The highest BCUT2D eigenvalue weighted by atomic mass is 79.9. The Kier molecular flexibility index (Phi) is 7.17. The molecule has 1 amide bonds. The van der Waals surface area contributed by atoms with Crippen molar-refractivity contribution in [3.8, 4) is 5.75 Å². The molecule has 8 heteroatoms. The van der Waals surface area contributed by atoms with Crippen LogP contribution >= 0.6 is 39.9 Å². The van der Waals surface area contributed by atoms with Gasteiger partial charge in [0, 0.05) is 29.8 Å². The second-order valence-electron chi connectivity index (χ2n) is 7.53. The molecule has 0 aromatic heterocycles. The molecular weight excluding hydrogens is 523 g/mol. The van der Waals surface area contributed by atoms with Gasteiger partial charge in [0.1, 0.15) is 18.2 Å². The standard InChI is InChI=1S/C25H20BrFN2O2S2/c1-28(2)20-8-10-21(11-9-20)29-24(30)23(33-25(29)32)14-17-13-18(26)5-12-22(17)31-15-16-3-6-19(27)7-4-16/h3-14H,15H2,1-2H3. The van der Waals surface area contributed by atoms with Crippen LogP contribution in [0.3, 0.4) is 0 Å². The molecule has 0 bridgehead atoms. The van der Waals surface area contributed by atoms with Gasteiger partial charge >= 0.3 is 0 Å². The number of nitrogens with zero attached hydrogens (tertiary/aromatic N) is 2. The van der Waals surface area contributed by atoms with Crippen LogP contribution in [0, 0.1) is 5.82 Å². The lowest BCUT2D eigenvalue weighted by Crippen LogP contribution is -2.27. The van der Waals surface area contributed by atoms with E-state index in [1.807, 2.05) is 61.5 Å². The lowest BCUT2D eigenvalue weighted by atomic mass is 10.1. The summed E-state index contributed by atoms with van der Waals surface area (Å²) in [6.45, 7) is 0.280.